The maximum atomic E-state index is 12.4. The number of anilines is 1. The van der Waals surface area contributed by atoms with E-state index in [9.17, 15) is 4.79 Å². The molecule has 0 spiro atoms. The zero-order valence-corrected chi connectivity index (χ0v) is 13.8. The molecule has 0 atom stereocenters. The Morgan fingerprint density at radius 3 is 2.77 bits per heavy atom. The molecule has 2 rings (SSSR count). The Labute approximate surface area is 133 Å². The highest BCUT2D eigenvalue weighted by atomic mass is 16.5. The fourth-order valence-electron chi connectivity index (χ4n) is 3.18. The number of amides is 1. The van der Waals surface area contributed by atoms with Crippen LogP contribution in [0.1, 0.15) is 58.8 Å². The first kappa shape index (κ1) is 16.8. The van der Waals surface area contributed by atoms with E-state index in [0.29, 0.717) is 18.2 Å². The third-order valence-corrected chi connectivity index (χ3v) is 4.50. The third-order valence-electron chi connectivity index (χ3n) is 4.50. The van der Waals surface area contributed by atoms with Crippen molar-refractivity contribution in [2.75, 3.05) is 11.9 Å². The minimum atomic E-state index is 0.0913. The number of aromatic nitrogens is 1. The predicted octanol–water partition coefficient (Wildman–Crippen LogP) is 4.42. The van der Waals surface area contributed by atoms with Crippen molar-refractivity contribution >= 4 is 11.7 Å². The van der Waals surface area contributed by atoms with E-state index in [2.05, 4.69) is 17.2 Å². The summed E-state index contributed by atoms with van der Waals surface area (Å²) in [6, 6.07) is 3.66. The van der Waals surface area contributed by atoms with Gasteiger partial charge in [-0.25, -0.2) is 4.98 Å². The van der Waals surface area contributed by atoms with Gasteiger partial charge < -0.3 is 10.1 Å². The molecule has 1 fully saturated rings. The lowest BCUT2D eigenvalue weighted by atomic mass is 9.79. The maximum Gasteiger partial charge on any atom is 0.228 e. The smallest absolute Gasteiger partial charge is 0.228 e. The lowest BCUT2D eigenvalue weighted by Crippen LogP contribution is -2.27. The molecule has 0 radical (unpaired) electrons. The van der Waals surface area contributed by atoms with Crippen LogP contribution in [-0.2, 0) is 4.79 Å². The van der Waals surface area contributed by atoms with Crippen molar-refractivity contribution in [3.05, 3.63) is 18.3 Å². The van der Waals surface area contributed by atoms with Gasteiger partial charge in [0, 0.05) is 12.1 Å². The van der Waals surface area contributed by atoms with Gasteiger partial charge in [0.2, 0.25) is 5.91 Å². The predicted molar refractivity (Wildman–Crippen MR) is 89.0 cm³/mol. The monoisotopic (exact) mass is 304 g/mol. The minimum absolute atomic E-state index is 0.0913. The van der Waals surface area contributed by atoms with E-state index in [-0.39, 0.29) is 11.8 Å². The molecule has 0 aliphatic heterocycles. The Bertz CT molecular complexity index is 468. The lowest BCUT2D eigenvalue weighted by Gasteiger charge is -2.27. The van der Waals surface area contributed by atoms with Crippen molar-refractivity contribution in [2.45, 2.75) is 58.8 Å². The highest BCUT2D eigenvalue weighted by Crippen LogP contribution is 2.33. The van der Waals surface area contributed by atoms with Crippen molar-refractivity contribution in [3.63, 3.8) is 0 Å². The number of nitrogens with zero attached hydrogens (tertiary/aromatic N) is 1. The van der Waals surface area contributed by atoms with E-state index in [0.717, 1.165) is 18.8 Å². The normalized spacial score (nSPS) is 21.4. The first-order valence-corrected chi connectivity index (χ1v) is 8.63. The molecule has 1 heterocycles. The fraction of sp³-hybridized carbons (Fsp3) is 0.667. The summed E-state index contributed by atoms with van der Waals surface area (Å²) in [6.07, 6.45) is 9.93. The molecule has 1 aliphatic carbocycles. The van der Waals surface area contributed by atoms with E-state index in [4.69, 9.17) is 4.74 Å². The Balaban J connectivity index is 1.86. The van der Waals surface area contributed by atoms with Gasteiger partial charge in [-0.3, -0.25) is 4.79 Å². The highest BCUT2D eigenvalue weighted by Gasteiger charge is 2.26. The summed E-state index contributed by atoms with van der Waals surface area (Å²) in [4.78, 5) is 16.7. The number of nitrogens with one attached hydrogen (secondary N) is 1. The van der Waals surface area contributed by atoms with Gasteiger partial charge >= 0.3 is 0 Å². The van der Waals surface area contributed by atoms with E-state index >= 15 is 0 Å². The van der Waals surface area contributed by atoms with Crippen molar-refractivity contribution < 1.29 is 9.53 Å². The molecule has 1 aliphatic rings. The van der Waals surface area contributed by atoms with Gasteiger partial charge in [-0.15, -0.1) is 0 Å². The molecule has 1 aromatic rings. The summed E-state index contributed by atoms with van der Waals surface area (Å²) < 4.78 is 5.51. The summed E-state index contributed by atoms with van der Waals surface area (Å²) >= 11 is 0. The van der Waals surface area contributed by atoms with Crippen LogP contribution < -0.4 is 10.1 Å². The number of ether oxygens (including phenoxy) is 1. The largest absolute Gasteiger partial charge is 0.490 e. The highest BCUT2D eigenvalue weighted by molar-refractivity contribution is 5.92. The first-order valence-electron chi connectivity index (χ1n) is 8.63. The van der Waals surface area contributed by atoms with E-state index < -0.39 is 0 Å². The fourth-order valence-corrected chi connectivity index (χ4v) is 3.18. The zero-order valence-electron chi connectivity index (χ0n) is 13.8. The number of unbranched alkanes of at least 4 members (excludes halogenated alkanes) is 1. The molecule has 0 unspecified atom stereocenters. The molecule has 1 amide bonds. The van der Waals surface area contributed by atoms with Crippen LogP contribution in [0.4, 0.5) is 5.82 Å². The van der Waals surface area contributed by atoms with Crippen LogP contribution in [0.25, 0.3) is 0 Å². The minimum Gasteiger partial charge on any atom is -0.490 e. The summed E-state index contributed by atoms with van der Waals surface area (Å²) in [5, 5.41) is 2.95. The van der Waals surface area contributed by atoms with Gasteiger partial charge in [0.1, 0.15) is 0 Å². The number of hydrogen-bond donors (Lipinski definition) is 1. The second kappa shape index (κ2) is 8.76. The summed E-state index contributed by atoms with van der Waals surface area (Å²) in [5.41, 5.74) is 0. The first-order chi connectivity index (χ1) is 10.7. The number of rotatable bonds is 7. The Hall–Kier alpha value is -1.58. The van der Waals surface area contributed by atoms with Gasteiger partial charge in [0.05, 0.1) is 6.61 Å². The second-order valence-electron chi connectivity index (χ2n) is 6.13. The molecule has 1 N–H and O–H groups in total. The molecule has 22 heavy (non-hydrogen) atoms. The maximum absolute atomic E-state index is 12.4. The molecular weight excluding hydrogens is 276 g/mol. The number of pyridine rings is 1. The van der Waals surface area contributed by atoms with Gasteiger partial charge in [-0.05, 0) is 50.7 Å². The number of hydrogen-bond acceptors (Lipinski definition) is 3. The van der Waals surface area contributed by atoms with Crippen LogP contribution in [0.3, 0.4) is 0 Å². The standard InChI is InChI=1S/C18H28N2O2/c1-3-5-7-14-9-11-15(12-10-14)18(21)20-17-16(22-4-2)8-6-13-19-17/h6,8,13-15H,3-5,7,9-12H2,1-2H3,(H,19,20,21). The van der Waals surface area contributed by atoms with Crippen molar-refractivity contribution in [3.8, 4) is 5.75 Å². The Kier molecular flexibility index (Phi) is 6.69. The van der Waals surface area contributed by atoms with Crippen LogP contribution in [0.2, 0.25) is 0 Å². The van der Waals surface area contributed by atoms with Crippen molar-refractivity contribution in [1.29, 1.82) is 0 Å². The molecule has 1 saturated carbocycles. The number of carbonyl (C=O) groups is 1. The summed E-state index contributed by atoms with van der Waals surface area (Å²) in [7, 11) is 0. The van der Waals surface area contributed by atoms with Gasteiger partial charge in [0.25, 0.3) is 0 Å². The van der Waals surface area contributed by atoms with Gasteiger partial charge in [0.15, 0.2) is 11.6 Å². The quantitative estimate of drug-likeness (QED) is 0.811. The Morgan fingerprint density at radius 1 is 1.32 bits per heavy atom. The molecule has 0 saturated heterocycles. The molecule has 4 heteroatoms. The Morgan fingerprint density at radius 2 is 2.09 bits per heavy atom. The van der Waals surface area contributed by atoms with Crippen LogP contribution >= 0.6 is 0 Å². The molecule has 0 aromatic carbocycles. The van der Waals surface area contributed by atoms with Crippen molar-refractivity contribution in [1.82, 2.24) is 4.98 Å². The van der Waals surface area contributed by atoms with E-state index in [1.165, 1.54) is 32.1 Å². The van der Waals surface area contributed by atoms with Crippen molar-refractivity contribution in [2.24, 2.45) is 11.8 Å². The van der Waals surface area contributed by atoms with E-state index in [1.807, 2.05) is 19.1 Å². The van der Waals surface area contributed by atoms with Crippen LogP contribution in [0, 0.1) is 11.8 Å². The average molecular weight is 304 g/mol. The number of carbonyl (C=O) groups excluding carboxylic acids is 1. The summed E-state index contributed by atoms with van der Waals surface area (Å²) in [6.45, 7) is 4.73. The van der Waals surface area contributed by atoms with Crippen LogP contribution in [0.15, 0.2) is 18.3 Å². The van der Waals surface area contributed by atoms with Gasteiger partial charge in [-0.1, -0.05) is 26.2 Å². The topological polar surface area (TPSA) is 51.2 Å². The van der Waals surface area contributed by atoms with Crippen LogP contribution in [0.5, 0.6) is 5.75 Å². The molecule has 122 valence electrons. The van der Waals surface area contributed by atoms with E-state index in [1.54, 1.807) is 6.20 Å². The van der Waals surface area contributed by atoms with Crippen LogP contribution in [-0.4, -0.2) is 17.5 Å². The zero-order chi connectivity index (χ0) is 15.8. The molecule has 0 bridgehead atoms. The second-order valence-corrected chi connectivity index (χ2v) is 6.13. The molecular formula is C18H28N2O2. The summed E-state index contributed by atoms with van der Waals surface area (Å²) in [5.74, 6) is 2.22. The third kappa shape index (κ3) is 4.72. The molecule has 1 aromatic heterocycles. The SMILES string of the molecule is CCCCC1CCC(C(=O)Nc2ncccc2OCC)CC1. The average Bonchev–Trinajstić information content (AvgIpc) is 2.55. The lowest BCUT2D eigenvalue weighted by molar-refractivity contribution is -0.121. The molecule has 4 nitrogen and oxygen atoms in total. The van der Waals surface area contributed by atoms with Gasteiger partial charge in [-0.2, -0.15) is 0 Å².